The van der Waals surface area contributed by atoms with E-state index in [9.17, 15) is 9.18 Å². The molecule has 0 amide bonds. The van der Waals surface area contributed by atoms with Crippen molar-refractivity contribution < 1.29 is 13.9 Å². The zero-order chi connectivity index (χ0) is 12.1. The number of hydrogen-bond acceptors (Lipinski definition) is 3. The van der Waals surface area contributed by atoms with E-state index in [2.05, 4.69) is 4.74 Å². The van der Waals surface area contributed by atoms with Crippen molar-refractivity contribution in [2.45, 2.75) is 18.9 Å². The van der Waals surface area contributed by atoms with Crippen LogP contribution in [0.25, 0.3) is 0 Å². The molecule has 0 aromatic heterocycles. The van der Waals surface area contributed by atoms with E-state index in [-0.39, 0.29) is 12.4 Å². The third kappa shape index (κ3) is 3.47. The van der Waals surface area contributed by atoms with Crippen LogP contribution >= 0.6 is 11.6 Å². The number of halogens is 2. The Morgan fingerprint density at radius 2 is 2.31 bits per heavy atom. The molecule has 0 aliphatic heterocycles. The fourth-order valence-corrected chi connectivity index (χ4v) is 1.59. The number of benzene rings is 1. The molecule has 0 aliphatic rings. The number of nitrogens with two attached hydrogens (primary N) is 1. The SMILES string of the molecule is COC(=O)CCC(N)c1cc(F)ccc1Cl. The molecule has 16 heavy (non-hydrogen) atoms. The van der Waals surface area contributed by atoms with Crippen molar-refractivity contribution in [2.75, 3.05) is 7.11 Å². The molecule has 0 bridgehead atoms. The predicted molar refractivity (Wildman–Crippen MR) is 59.6 cm³/mol. The molecule has 2 N–H and O–H groups in total. The fourth-order valence-electron chi connectivity index (χ4n) is 1.33. The monoisotopic (exact) mass is 245 g/mol. The molecule has 0 aliphatic carbocycles. The van der Waals surface area contributed by atoms with Crippen molar-refractivity contribution in [2.24, 2.45) is 5.73 Å². The standard InChI is InChI=1S/C11H13ClFNO2/c1-16-11(15)5-4-10(14)8-6-7(13)2-3-9(8)12/h2-3,6,10H,4-5,14H2,1H3. The van der Waals surface area contributed by atoms with Gasteiger partial charge < -0.3 is 10.5 Å². The third-order valence-electron chi connectivity index (χ3n) is 2.24. The van der Waals surface area contributed by atoms with E-state index in [1.165, 1.54) is 25.3 Å². The van der Waals surface area contributed by atoms with Gasteiger partial charge in [0, 0.05) is 17.5 Å². The summed E-state index contributed by atoms with van der Waals surface area (Å²) in [6.07, 6.45) is 0.556. The minimum atomic E-state index is -0.470. The number of methoxy groups -OCH3 is 1. The van der Waals surface area contributed by atoms with Crippen LogP contribution in [-0.2, 0) is 9.53 Å². The fraction of sp³-hybridized carbons (Fsp3) is 0.364. The first kappa shape index (κ1) is 12.9. The lowest BCUT2D eigenvalue weighted by molar-refractivity contribution is -0.140. The summed E-state index contributed by atoms with van der Waals surface area (Å²) < 4.78 is 17.5. The molecule has 1 unspecified atom stereocenters. The van der Waals surface area contributed by atoms with Crippen LogP contribution in [-0.4, -0.2) is 13.1 Å². The highest BCUT2D eigenvalue weighted by atomic mass is 35.5. The Labute approximate surface area is 98.3 Å². The Morgan fingerprint density at radius 1 is 1.62 bits per heavy atom. The van der Waals surface area contributed by atoms with Crippen LogP contribution < -0.4 is 5.73 Å². The maximum absolute atomic E-state index is 13.0. The lowest BCUT2D eigenvalue weighted by atomic mass is 10.0. The minimum absolute atomic E-state index is 0.185. The minimum Gasteiger partial charge on any atom is -0.469 e. The number of esters is 1. The predicted octanol–water partition coefficient (Wildman–Crippen LogP) is 2.43. The van der Waals surface area contributed by atoms with Crippen molar-refractivity contribution in [3.63, 3.8) is 0 Å². The molecular weight excluding hydrogens is 233 g/mol. The van der Waals surface area contributed by atoms with E-state index < -0.39 is 11.9 Å². The Hall–Kier alpha value is -1.13. The first-order valence-electron chi connectivity index (χ1n) is 4.82. The van der Waals surface area contributed by atoms with Gasteiger partial charge in [-0.15, -0.1) is 0 Å². The molecular formula is C11H13ClFNO2. The van der Waals surface area contributed by atoms with Crippen molar-refractivity contribution in [3.8, 4) is 0 Å². The van der Waals surface area contributed by atoms with E-state index in [1.54, 1.807) is 0 Å². The molecule has 1 aromatic rings. The maximum atomic E-state index is 13.0. The molecule has 0 fully saturated rings. The second-order valence-corrected chi connectivity index (χ2v) is 3.79. The van der Waals surface area contributed by atoms with Crippen LogP contribution in [0, 0.1) is 5.82 Å². The number of carbonyl (C=O) groups is 1. The summed E-state index contributed by atoms with van der Waals surface area (Å²) in [7, 11) is 1.31. The van der Waals surface area contributed by atoms with Crippen LogP contribution in [0.2, 0.25) is 5.02 Å². The van der Waals surface area contributed by atoms with Crippen LogP contribution in [0.3, 0.4) is 0 Å². The van der Waals surface area contributed by atoms with E-state index in [1.807, 2.05) is 0 Å². The number of ether oxygens (including phenoxy) is 1. The first-order valence-corrected chi connectivity index (χ1v) is 5.19. The second kappa shape index (κ2) is 5.82. The van der Waals surface area contributed by atoms with Gasteiger partial charge in [-0.25, -0.2) is 4.39 Å². The Kier molecular flexibility index (Phi) is 4.71. The van der Waals surface area contributed by atoms with E-state index in [0.29, 0.717) is 17.0 Å². The van der Waals surface area contributed by atoms with Crippen molar-refractivity contribution in [1.82, 2.24) is 0 Å². The van der Waals surface area contributed by atoms with Gasteiger partial charge in [-0.1, -0.05) is 11.6 Å². The van der Waals surface area contributed by atoms with Gasteiger partial charge in [0.1, 0.15) is 5.82 Å². The van der Waals surface area contributed by atoms with Crippen molar-refractivity contribution >= 4 is 17.6 Å². The molecule has 88 valence electrons. The van der Waals surface area contributed by atoms with Crippen LogP contribution in [0.5, 0.6) is 0 Å². The quantitative estimate of drug-likeness (QED) is 0.829. The van der Waals surface area contributed by atoms with Crippen molar-refractivity contribution in [1.29, 1.82) is 0 Å². The molecule has 1 aromatic carbocycles. The summed E-state index contributed by atoms with van der Waals surface area (Å²) in [4.78, 5) is 10.9. The maximum Gasteiger partial charge on any atom is 0.305 e. The average molecular weight is 246 g/mol. The van der Waals surface area contributed by atoms with Crippen LogP contribution in [0.15, 0.2) is 18.2 Å². The van der Waals surface area contributed by atoms with Crippen LogP contribution in [0.4, 0.5) is 4.39 Å². The highest BCUT2D eigenvalue weighted by Crippen LogP contribution is 2.25. The van der Waals surface area contributed by atoms with Gasteiger partial charge in [-0.05, 0) is 30.2 Å². The Morgan fingerprint density at radius 3 is 2.94 bits per heavy atom. The zero-order valence-corrected chi connectivity index (χ0v) is 9.63. The second-order valence-electron chi connectivity index (χ2n) is 3.39. The smallest absolute Gasteiger partial charge is 0.305 e. The van der Waals surface area contributed by atoms with Gasteiger partial charge in [0.15, 0.2) is 0 Å². The topological polar surface area (TPSA) is 52.3 Å². The summed E-state index contributed by atoms with van der Waals surface area (Å²) in [5, 5.41) is 0.402. The molecule has 5 heteroatoms. The molecule has 0 saturated heterocycles. The lowest BCUT2D eigenvalue weighted by Gasteiger charge is -2.12. The highest BCUT2D eigenvalue weighted by Gasteiger charge is 2.13. The Balaban J connectivity index is 2.68. The van der Waals surface area contributed by atoms with E-state index in [4.69, 9.17) is 17.3 Å². The number of rotatable bonds is 4. The van der Waals surface area contributed by atoms with E-state index in [0.717, 1.165) is 0 Å². The normalized spacial score (nSPS) is 12.2. The summed E-state index contributed by atoms with van der Waals surface area (Å²) in [6, 6.07) is 3.52. The molecule has 0 spiro atoms. The average Bonchev–Trinajstić information content (AvgIpc) is 2.28. The molecule has 0 saturated carbocycles. The largest absolute Gasteiger partial charge is 0.469 e. The van der Waals surface area contributed by atoms with Gasteiger partial charge in [0.25, 0.3) is 0 Å². The Bertz CT molecular complexity index is 384. The summed E-state index contributed by atoms with van der Waals surface area (Å²) in [6.45, 7) is 0. The lowest BCUT2D eigenvalue weighted by Crippen LogP contribution is -2.13. The third-order valence-corrected chi connectivity index (χ3v) is 2.59. The summed E-state index contributed by atoms with van der Waals surface area (Å²) in [5.41, 5.74) is 6.31. The van der Waals surface area contributed by atoms with E-state index >= 15 is 0 Å². The molecule has 1 atom stereocenters. The van der Waals surface area contributed by atoms with Gasteiger partial charge in [0.2, 0.25) is 0 Å². The molecule has 1 rings (SSSR count). The summed E-state index contributed by atoms with van der Waals surface area (Å²) in [5.74, 6) is -0.740. The number of hydrogen-bond donors (Lipinski definition) is 1. The van der Waals surface area contributed by atoms with Gasteiger partial charge in [-0.2, -0.15) is 0 Å². The van der Waals surface area contributed by atoms with Gasteiger partial charge >= 0.3 is 5.97 Å². The van der Waals surface area contributed by atoms with Gasteiger partial charge in [0.05, 0.1) is 7.11 Å². The molecule has 0 heterocycles. The van der Waals surface area contributed by atoms with Gasteiger partial charge in [-0.3, -0.25) is 4.79 Å². The highest BCUT2D eigenvalue weighted by molar-refractivity contribution is 6.31. The van der Waals surface area contributed by atoms with Crippen LogP contribution in [0.1, 0.15) is 24.4 Å². The summed E-state index contributed by atoms with van der Waals surface area (Å²) >= 11 is 5.88. The molecule has 3 nitrogen and oxygen atoms in total. The zero-order valence-electron chi connectivity index (χ0n) is 8.87. The first-order chi connectivity index (χ1) is 7.54. The van der Waals surface area contributed by atoms with Crippen molar-refractivity contribution in [3.05, 3.63) is 34.6 Å². The number of carbonyl (C=O) groups excluding carboxylic acids is 1. The molecule has 0 radical (unpaired) electrons.